The number of hydrogen-bond acceptors (Lipinski definition) is 5. The van der Waals surface area contributed by atoms with Crippen LogP contribution in [0.3, 0.4) is 0 Å². The lowest BCUT2D eigenvalue weighted by molar-refractivity contribution is 0.0273. The van der Waals surface area contributed by atoms with Crippen molar-refractivity contribution < 1.29 is 18.3 Å². The highest BCUT2D eigenvalue weighted by atomic mass is 32.2. The van der Waals surface area contributed by atoms with Gasteiger partial charge in [-0.1, -0.05) is 117 Å². The number of aliphatic hydroxyl groups excluding tert-OH is 1. The van der Waals surface area contributed by atoms with E-state index in [-0.39, 0.29) is 36.0 Å². The lowest BCUT2D eigenvalue weighted by Crippen LogP contribution is -2.50. The van der Waals surface area contributed by atoms with Crippen LogP contribution in [-0.4, -0.2) is 61.6 Å². The zero-order chi connectivity index (χ0) is 31.5. The largest absolute Gasteiger partial charge is 0.390 e. The van der Waals surface area contributed by atoms with Gasteiger partial charge in [0.1, 0.15) is 0 Å². The van der Waals surface area contributed by atoms with Crippen molar-refractivity contribution in [2.45, 2.75) is 56.7 Å². The summed E-state index contributed by atoms with van der Waals surface area (Å²) in [6, 6.07) is 35.7. The van der Waals surface area contributed by atoms with Gasteiger partial charge >= 0.3 is 0 Å². The maximum Gasteiger partial charge on any atom is 0.243 e. The summed E-state index contributed by atoms with van der Waals surface area (Å²) in [7, 11) is 1.51. The van der Waals surface area contributed by atoms with E-state index in [2.05, 4.69) is 29.2 Å². The van der Waals surface area contributed by atoms with Crippen LogP contribution in [0.25, 0.3) is 0 Å². The predicted octanol–water partition coefficient (Wildman–Crippen LogP) is 5.78. The second-order valence-corrected chi connectivity index (χ2v) is 13.5. The first-order valence-electron chi connectivity index (χ1n) is 15.0. The highest BCUT2D eigenvalue weighted by Crippen LogP contribution is 2.24. The van der Waals surface area contributed by atoms with E-state index in [4.69, 9.17) is 7.85 Å². The van der Waals surface area contributed by atoms with E-state index in [1.807, 2.05) is 80.6 Å². The van der Waals surface area contributed by atoms with Crippen LogP contribution in [0.5, 0.6) is 0 Å². The van der Waals surface area contributed by atoms with Gasteiger partial charge in [-0.15, -0.1) is 0 Å². The number of Topliss-reactive ketones (excluding diaryl/α,β-unsaturated/α-hetero) is 1. The molecule has 228 valence electrons. The van der Waals surface area contributed by atoms with E-state index < -0.39 is 22.2 Å². The van der Waals surface area contributed by atoms with Gasteiger partial charge in [0.25, 0.3) is 0 Å². The second-order valence-electron chi connectivity index (χ2n) is 11.6. The van der Waals surface area contributed by atoms with Gasteiger partial charge in [0.05, 0.1) is 18.8 Å². The Labute approximate surface area is 263 Å². The lowest BCUT2D eigenvalue weighted by Gasteiger charge is -2.37. The van der Waals surface area contributed by atoms with Crippen molar-refractivity contribution in [1.82, 2.24) is 9.21 Å². The molecule has 4 rings (SSSR count). The molecule has 2 atom stereocenters. The van der Waals surface area contributed by atoms with Crippen LogP contribution in [0.1, 0.15) is 40.9 Å². The Morgan fingerprint density at radius 3 is 1.66 bits per heavy atom. The smallest absolute Gasteiger partial charge is 0.243 e. The van der Waals surface area contributed by atoms with E-state index in [1.54, 1.807) is 0 Å². The Kier molecular flexibility index (Phi) is 12.1. The number of ketones is 1. The molecule has 4 aromatic carbocycles. The second kappa shape index (κ2) is 16.0. The minimum Gasteiger partial charge on any atom is -0.390 e. The summed E-state index contributed by atoms with van der Waals surface area (Å²) in [5.41, 5.74) is 3.63. The zero-order valence-electron chi connectivity index (χ0n) is 25.5. The van der Waals surface area contributed by atoms with Crippen LogP contribution in [0, 0.1) is 5.92 Å². The molecule has 0 unspecified atom stereocenters. The Balaban J connectivity index is 1.69. The minimum atomic E-state index is -3.98. The van der Waals surface area contributed by atoms with Gasteiger partial charge in [-0.05, 0) is 47.5 Å². The summed E-state index contributed by atoms with van der Waals surface area (Å²) in [5, 5.41) is 12.0. The number of sulfonamides is 1. The first-order chi connectivity index (χ1) is 21.2. The molecule has 0 spiro atoms. The molecule has 4 aromatic rings. The molecule has 0 heterocycles. The first-order valence-corrected chi connectivity index (χ1v) is 16.5. The molecule has 0 saturated carbocycles. The molecule has 44 heavy (non-hydrogen) atoms. The number of nitrogens with zero attached hydrogens (tertiary/aromatic N) is 2. The molecule has 0 fully saturated rings. The van der Waals surface area contributed by atoms with Crippen LogP contribution in [0.2, 0.25) is 6.32 Å². The van der Waals surface area contributed by atoms with Gasteiger partial charge in [0.2, 0.25) is 10.0 Å². The third-order valence-corrected chi connectivity index (χ3v) is 9.46. The van der Waals surface area contributed by atoms with Gasteiger partial charge in [-0.3, -0.25) is 9.69 Å². The number of hydrogen-bond donors (Lipinski definition) is 1. The third-order valence-electron chi connectivity index (χ3n) is 7.62. The number of aliphatic hydroxyl groups is 1. The fourth-order valence-electron chi connectivity index (χ4n) is 5.38. The molecule has 1 N–H and O–H groups in total. The van der Waals surface area contributed by atoms with Gasteiger partial charge < -0.3 is 5.11 Å². The SMILES string of the molecule is [B]CC(=O)c1ccc(S(=O)(=O)N(CC(C)C)C[C@@H](O)[C@H](Cc2ccccc2)N(Cc2ccccc2)Cc2ccccc2)cc1. The number of carbonyl (C=O) groups is 1. The Morgan fingerprint density at radius 1 is 0.727 bits per heavy atom. The summed E-state index contributed by atoms with van der Waals surface area (Å²) in [5.74, 6) is -0.239. The average molecular weight is 609 g/mol. The number of carbonyl (C=O) groups excluding carboxylic acids is 1. The fourth-order valence-corrected chi connectivity index (χ4v) is 7.00. The van der Waals surface area contributed by atoms with E-state index in [1.165, 1.54) is 28.6 Å². The lowest BCUT2D eigenvalue weighted by atomic mass is 9.96. The van der Waals surface area contributed by atoms with Crippen molar-refractivity contribution in [1.29, 1.82) is 0 Å². The van der Waals surface area contributed by atoms with E-state index in [0.717, 1.165) is 16.7 Å². The summed E-state index contributed by atoms with van der Waals surface area (Å²) >= 11 is 0. The average Bonchev–Trinajstić information content (AvgIpc) is 3.04. The fraction of sp³-hybridized carbons (Fsp3) is 0.306. The summed E-state index contributed by atoms with van der Waals surface area (Å²) < 4.78 is 29.3. The molecular formula is C36H41BN2O4S. The van der Waals surface area contributed by atoms with E-state index in [0.29, 0.717) is 25.1 Å². The summed E-state index contributed by atoms with van der Waals surface area (Å²) in [6.07, 6.45) is -0.620. The number of rotatable bonds is 16. The molecule has 0 amide bonds. The molecule has 0 aliphatic rings. The highest BCUT2D eigenvalue weighted by molar-refractivity contribution is 7.89. The Bertz CT molecular complexity index is 1510. The molecule has 2 radical (unpaired) electrons. The van der Waals surface area contributed by atoms with Gasteiger partial charge in [0, 0.05) is 37.8 Å². The topological polar surface area (TPSA) is 77.9 Å². The standard InChI is InChI=1S/C36H41BN2O4S/c1-28(2)24-39(44(42,43)33-20-18-32(19-21-33)35(40)23-37)27-36(41)34(22-29-12-6-3-7-13-29)38(25-30-14-8-4-9-15-30)26-31-16-10-5-11-17-31/h3-21,28,34,36,41H,22-27H2,1-2H3/t34-,36+/m0/s1. The normalized spacial score (nSPS) is 13.3. The van der Waals surface area contributed by atoms with Crippen molar-refractivity contribution in [2.24, 2.45) is 5.92 Å². The Hall–Kier alpha value is -3.56. The molecule has 6 nitrogen and oxygen atoms in total. The van der Waals surface area contributed by atoms with Gasteiger partial charge in [-0.2, -0.15) is 4.31 Å². The van der Waals surface area contributed by atoms with Crippen LogP contribution >= 0.6 is 0 Å². The van der Waals surface area contributed by atoms with E-state index >= 15 is 0 Å². The van der Waals surface area contributed by atoms with E-state index in [9.17, 15) is 18.3 Å². The number of benzene rings is 4. The summed E-state index contributed by atoms with van der Waals surface area (Å²) in [6.45, 7) is 5.22. The molecule has 0 bridgehead atoms. The Morgan fingerprint density at radius 2 is 1.20 bits per heavy atom. The molecule has 0 aromatic heterocycles. The first kappa shape index (κ1) is 33.3. The molecule has 0 aliphatic heterocycles. The molecular weight excluding hydrogens is 567 g/mol. The van der Waals surface area contributed by atoms with Crippen LogP contribution in [-0.2, 0) is 29.5 Å². The van der Waals surface area contributed by atoms with Gasteiger partial charge in [0.15, 0.2) is 5.78 Å². The van der Waals surface area contributed by atoms with Crippen molar-refractivity contribution in [3.63, 3.8) is 0 Å². The van der Waals surface area contributed by atoms with Crippen molar-refractivity contribution in [3.8, 4) is 0 Å². The van der Waals surface area contributed by atoms with Crippen molar-refractivity contribution in [3.05, 3.63) is 138 Å². The predicted molar refractivity (Wildman–Crippen MR) is 177 cm³/mol. The molecule has 0 saturated heterocycles. The zero-order valence-corrected chi connectivity index (χ0v) is 26.3. The summed E-state index contributed by atoms with van der Waals surface area (Å²) in [4.78, 5) is 14.3. The van der Waals surface area contributed by atoms with Crippen LogP contribution < -0.4 is 0 Å². The maximum atomic E-state index is 14.0. The van der Waals surface area contributed by atoms with Crippen LogP contribution in [0.4, 0.5) is 0 Å². The third kappa shape index (κ3) is 9.22. The van der Waals surface area contributed by atoms with Crippen molar-refractivity contribution in [2.75, 3.05) is 13.1 Å². The minimum absolute atomic E-state index is 0.0207. The molecule has 0 aliphatic carbocycles. The van der Waals surface area contributed by atoms with Crippen molar-refractivity contribution >= 4 is 23.7 Å². The quantitative estimate of drug-likeness (QED) is 0.129. The highest BCUT2D eigenvalue weighted by Gasteiger charge is 2.33. The monoisotopic (exact) mass is 608 g/mol. The van der Waals surface area contributed by atoms with Crippen LogP contribution in [0.15, 0.2) is 120 Å². The van der Waals surface area contributed by atoms with Gasteiger partial charge in [-0.25, -0.2) is 8.42 Å². The molecule has 8 heteroatoms. The maximum absolute atomic E-state index is 14.0.